The summed E-state index contributed by atoms with van der Waals surface area (Å²) in [4.78, 5) is 41.1. The van der Waals surface area contributed by atoms with Crippen LogP contribution in [0.1, 0.15) is 71.2 Å². The average molecular weight is 486 g/mol. The second-order valence-electron chi connectivity index (χ2n) is 10.4. The maximum atomic E-state index is 13.7. The van der Waals surface area contributed by atoms with Gasteiger partial charge in [0.05, 0.1) is 5.56 Å². The number of thiophene rings is 1. The standard InChI is InChI=1S/C26H32FN3O3S/c1-26(2,3)17-6-9-19-20(14-17)34-24(29-23(32)16-4-7-18(27)8-5-16)21(19)25(33)30-12-10-15(11-13-30)22(28)31/h4-5,7-8,15,17H,6,9-14H2,1-3H3,(H2,28,31)(H,29,32). The lowest BCUT2D eigenvalue weighted by Crippen LogP contribution is -2.42. The molecule has 182 valence electrons. The number of nitrogens with two attached hydrogens (primary N) is 1. The van der Waals surface area contributed by atoms with Gasteiger partial charge in [0.25, 0.3) is 11.8 Å². The van der Waals surface area contributed by atoms with Gasteiger partial charge in [-0.05, 0) is 73.3 Å². The Balaban J connectivity index is 1.64. The van der Waals surface area contributed by atoms with Gasteiger partial charge >= 0.3 is 0 Å². The van der Waals surface area contributed by atoms with E-state index in [1.165, 1.54) is 35.6 Å². The fourth-order valence-corrected chi connectivity index (χ4v) is 6.26. The monoisotopic (exact) mass is 485 g/mol. The molecule has 0 spiro atoms. The molecule has 2 heterocycles. The highest BCUT2D eigenvalue weighted by atomic mass is 32.1. The smallest absolute Gasteiger partial charge is 0.257 e. The van der Waals surface area contributed by atoms with Gasteiger partial charge in [0, 0.05) is 29.4 Å². The van der Waals surface area contributed by atoms with Crippen molar-refractivity contribution in [1.29, 1.82) is 0 Å². The molecule has 1 aromatic heterocycles. The van der Waals surface area contributed by atoms with Crippen LogP contribution in [-0.2, 0) is 17.6 Å². The van der Waals surface area contributed by atoms with E-state index in [1.54, 1.807) is 4.90 Å². The largest absolute Gasteiger partial charge is 0.369 e. The maximum absolute atomic E-state index is 13.7. The van der Waals surface area contributed by atoms with Gasteiger partial charge in [-0.15, -0.1) is 11.3 Å². The molecule has 3 amide bonds. The first kappa shape index (κ1) is 24.4. The number of anilines is 1. The molecule has 4 rings (SSSR count). The molecular formula is C26H32FN3O3S. The summed E-state index contributed by atoms with van der Waals surface area (Å²) in [6, 6.07) is 5.36. The van der Waals surface area contributed by atoms with Crippen molar-refractivity contribution in [2.24, 2.45) is 23.0 Å². The number of hydrogen-bond acceptors (Lipinski definition) is 4. The van der Waals surface area contributed by atoms with Crippen LogP contribution in [0.15, 0.2) is 24.3 Å². The molecule has 1 unspecified atom stereocenters. The fraction of sp³-hybridized carbons (Fsp3) is 0.500. The van der Waals surface area contributed by atoms with Crippen molar-refractivity contribution in [3.63, 3.8) is 0 Å². The quantitative estimate of drug-likeness (QED) is 0.661. The fourth-order valence-electron chi connectivity index (χ4n) is 4.94. The highest BCUT2D eigenvalue weighted by Gasteiger charge is 2.36. The number of rotatable bonds is 4. The molecule has 0 radical (unpaired) electrons. The minimum Gasteiger partial charge on any atom is -0.369 e. The van der Waals surface area contributed by atoms with Crippen molar-refractivity contribution in [3.05, 3.63) is 51.7 Å². The predicted octanol–water partition coefficient (Wildman–Crippen LogP) is 4.63. The number of benzene rings is 1. The normalized spacial score (nSPS) is 18.9. The third-order valence-electron chi connectivity index (χ3n) is 7.22. The topological polar surface area (TPSA) is 92.5 Å². The van der Waals surface area contributed by atoms with Gasteiger partial charge in [-0.2, -0.15) is 0 Å². The Bertz CT molecular complexity index is 1100. The molecule has 6 nitrogen and oxygen atoms in total. The molecule has 1 aliphatic carbocycles. The van der Waals surface area contributed by atoms with Crippen LogP contribution in [-0.4, -0.2) is 35.7 Å². The van der Waals surface area contributed by atoms with E-state index in [2.05, 4.69) is 26.1 Å². The lowest BCUT2D eigenvalue weighted by atomic mass is 9.72. The lowest BCUT2D eigenvalue weighted by molar-refractivity contribution is -0.123. The van der Waals surface area contributed by atoms with E-state index in [4.69, 9.17) is 5.73 Å². The van der Waals surface area contributed by atoms with Crippen LogP contribution in [0.4, 0.5) is 9.39 Å². The third kappa shape index (κ3) is 5.02. The number of nitrogens with zero attached hydrogens (tertiary/aromatic N) is 1. The third-order valence-corrected chi connectivity index (χ3v) is 8.39. The van der Waals surface area contributed by atoms with Crippen LogP contribution in [0.2, 0.25) is 0 Å². The first-order chi connectivity index (χ1) is 16.0. The summed E-state index contributed by atoms with van der Waals surface area (Å²) in [7, 11) is 0. The van der Waals surface area contributed by atoms with Gasteiger partial charge in [-0.1, -0.05) is 20.8 Å². The van der Waals surface area contributed by atoms with E-state index in [1.807, 2.05) is 0 Å². The summed E-state index contributed by atoms with van der Waals surface area (Å²) < 4.78 is 13.3. The van der Waals surface area contributed by atoms with Crippen molar-refractivity contribution >= 4 is 34.1 Å². The molecule has 3 N–H and O–H groups in total. The molecule has 1 aliphatic heterocycles. The van der Waals surface area contributed by atoms with Crippen LogP contribution in [0.3, 0.4) is 0 Å². The van der Waals surface area contributed by atoms with Gasteiger partial charge in [0.15, 0.2) is 0 Å². The van der Waals surface area contributed by atoms with E-state index in [-0.39, 0.29) is 29.1 Å². The summed E-state index contributed by atoms with van der Waals surface area (Å²) in [5, 5.41) is 3.49. The molecule has 8 heteroatoms. The second-order valence-corrected chi connectivity index (χ2v) is 11.5. The van der Waals surface area contributed by atoms with Crippen LogP contribution < -0.4 is 11.1 Å². The number of hydrogen-bond donors (Lipinski definition) is 2. The van der Waals surface area contributed by atoms with E-state index in [9.17, 15) is 18.8 Å². The number of fused-ring (bicyclic) bond motifs is 1. The van der Waals surface area contributed by atoms with Crippen LogP contribution >= 0.6 is 11.3 Å². The molecule has 1 fully saturated rings. The Labute approximate surface area is 203 Å². The van der Waals surface area contributed by atoms with Gasteiger partial charge in [-0.25, -0.2) is 4.39 Å². The van der Waals surface area contributed by atoms with Crippen molar-refractivity contribution < 1.29 is 18.8 Å². The first-order valence-electron chi connectivity index (χ1n) is 11.8. The van der Waals surface area contributed by atoms with Gasteiger partial charge in [0.2, 0.25) is 5.91 Å². The van der Waals surface area contributed by atoms with Crippen LogP contribution in [0.25, 0.3) is 0 Å². The SMILES string of the molecule is CC(C)(C)C1CCc2c(sc(NC(=O)c3ccc(F)cc3)c2C(=O)N2CCC(C(N)=O)CC2)C1. The van der Waals surface area contributed by atoms with Crippen molar-refractivity contribution in [3.8, 4) is 0 Å². The number of piperidine rings is 1. The summed E-state index contributed by atoms with van der Waals surface area (Å²) in [5.41, 5.74) is 7.54. The molecule has 2 aliphatic rings. The van der Waals surface area contributed by atoms with Crippen LogP contribution in [0.5, 0.6) is 0 Å². The maximum Gasteiger partial charge on any atom is 0.257 e. The Kier molecular flexibility index (Phi) is 6.80. The zero-order valence-corrected chi connectivity index (χ0v) is 20.8. The number of likely N-dealkylation sites (tertiary alicyclic amines) is 1. The Morgan fingerprint density at radius 3 is 2.32 bits per heavy atom. The molecule has 0 bridgehead atoms. The van der Waals surface area contributed by atoms with E-state index < -0.39 is 5.82 Å². The van der Waals surface area contributed by atoms with E-state index in [0.717, 1.165) is 29.7 Å². The zero-order chi connectivity index (χ0) is 24.6. The summed E-state index contributed by atoms with van der Waals surface area (Å²) >= 11 is 1.48. The minimum atomic E-state index is -0.411. The molecular weight excluding hydrogens is 453 g/mol. The number of carbonyl (C=O) groups is 3. The van der Waals surface area contributed by atoms with E-state index >= 15 is 0 Å². The van der Waals surface area contributed by atoms with Gasteiger partial charge < -0.3 is 16.0 Å². The summed E-state index contributed by atoms with van der Waals surface area (Å²) in [5.74, 6) is -0.914. The van der Waals surface area contributed by atoms with Gasteiger partial charge in [-0.3, -0.25) is 14.4 Å². The molecule has 1 atom stereocenters. The molecule has 2 aromatic rings. The summed E-state index contributed by atoms with van der Waals surface area (Å²) in [6.45, 7) is 7.65. The number of primary amides is 1. The number of nitrogens with one attached hydrogen (secondary N) is 1. The van der Waals surface area contributed by atoms with Crippen LogP contribution in [0, 0.1) is 23.1 Å². The van der Waals surface area contributed by atoms with Gasteiger partial charge in [0.1, 0.15) is 10.8 Å². The lowest BCUT2D eigenvalue weighted by Gasteiger charge is -2.34. The second kappa shape index (κ2) is 9.49. The molecule has 1 saturated heterocycles. The minimum absolute atomic E-state index is 0.107. The Morgan fingerprint density at radius 1 is 1.09 bits per heavy atom. The van der Waals surface area contributed by atoms with Crippen molar-refractivity contribution in [1.82, 2.24) is 4.90 Å². The Hall–Kier alpha value is -2.74. The first-order valence-corrected chi connectivity index (χ1v) is 12.7. The molecule has 0 saturated carbocycles. The predicted molar refractivity (Wildman–Crippen MR) is 131 cm³/mol. The highest BCUT2D eigenvalue weighted by molar-refractivity contribution is 7.17. The molecule has 1 aromatic carbocycles. The number of amides is 3. The Morgan fingerprint density at radius 2 is 1.74 bits per heavy atom. The van der Waals surface area contributed by atoms with E-state index in [0.29, 0.717) is 48.0 Å². The summed E-state index contributed by atoms with van der Waals surface area (Å²) in [6.07, 6.45) is 3.76. The average Bonchev–Trinajstić information content (AvgIpc) is 3.15. The molecule has 34 heavy (non-hydrogen) atoms. The number of carbonyl (C=O) groups excluding carboxylic acids is 3. The van der Waals surface area contributed by atoms with Crippen molar-refractivity contribution in [2.75, 3.05) is 18.4 Å². The highest BCUT2D eigenvalue weighted by Crippen LogP contribution is 2.45. The number of halogens is 1. The zero-order valence-electron chi connectivity index (χ0n) is 19.9. The van der Waals surface area contributed by atoms with Crippen molar-refractivity contribution in [2.45, 2.75) is 52.9 Å².